The molecule has 2 rings (SSSR count). The van der Waals surface area contributed by atoms with Gasteiger partial charge in [0.15, 0.2) is 0 Å². The number of ether oxygens (including phenoxy) is 1. The van der Waals surface area contributed by atoms with E-state index in [1.165, 1.54) is 6.07 Å². The van der Waals surface area contributed by atoms with Crippen LogP contribution in [-0.4, -0.2) is 42.1 Å². The SMILES string of the molecule is CC(C)(C)OC(=O)[C@H]1CCCN1CCCNc1ccccc1F. The molecule has 128 valence electrons. The van der Waals surface area contributed by atoms with Gasteiger partial charge in [-0.15, -0.1) is 0 Å². The summed E-state index contributed by atoms with van der Waals surface area (Å²) in [5.41, 5.74) is 0.0789. The van der Waals surface area contributed by atoms with Crippen LogP contribution in [0.1, 0.15) is 40.0 Å². The number of esters is 1. The third-order valence-electron chi connectivity index (χ3n) is 3.85. The van der Waals surface area contributed by atoms with Crippen LogP contribution in [0.3, 0.4) is 0 Å². The summed E-state index contributed by atoms with van der Waals surface area (Å²) in [6.45, 7) is 8.08. The molecule has 1 atom stereocenters. The van der Waals surface area contributed by atoms with Crippen LogP contribution >= 0.6 is 0 Å². The highest BCUT2D eigenvalue weighted by molar-refractivity contribution is 5.76. The smallest absolute Gasteiger partial charge is 0.323 e. The molecule has 23 heavy (non-hydrogen) atoms. The second-order valence-corrected chi connectivity index (χ2v) is 6.99. The maximum Gasteiger partial charge on any atom is 0.323 e. The number of hydrogen-bond acceptors (Lipinski definition) is 4. The molecule has 0 radical (unpaired) electrons. The lowest BCUT2D eigenvalue weighted by Gasteiger charge is -2.27. The molecular weight excluding hydrogens is 295 g/mol. The van der Waals surface area contributed by atoms with Gasteiger partial charge in [-0.2, -0.15) is 0 Å². The number of rotatable bonds is 6. The van der Waals surface area contributed by atoms with Crippen molar-refractivity contribution in [2.45, 2.75) is 51.7 Å². The topological polar surface area (TPSA) is 41.6 Å². The number of benzene rings is 1. The van der Waals surface area contributed by atoms with E-state index in [2.05, 4.69) is 10.2 Å². The Hall–Kier alpha value is -1.62. The molecule has 1 N–H and O–H groups in total. The molecule has 1 aromatic rings. The third-order valence-corrected chi connectivity index (χ3v) is 3.85. The zero-order valence-electron chi connectivity index (χ0n) is 14.3. The number of likely N-dealkylation sites (tertiary alicyclic amines) is 1. The monoisotopic (exact) mass is 322 g/mol. The average Bonchev–Trinajstić information content (AvgIpc) is 2.92. The van der Waals surface area contributed by atoms with Crippen LogP contribution in [0.5, 0.6) is 0 Å². The predicted molar refractivity (Wildman–Crippen MR) is 89.9 cm³/mol. The standard InChI is InChI=1S/C18H27FN2O2/c1-18(2,3)23-17(22)16-10-6-12-21(16)13-7-11-20-15-9-5-4-8-14(15)19/h4-5,8-9,16,20H,6-7,10-13H2,1-3H3/t16-/m1/s1. The first-order chi connectivity index (χ1) is 10.9. The Bertz CT molecular complexity index is 528. The van der Waals surface area contributed by atoms with E-state index in [9.17, 15) is 9.18 Å². The maximum absolute atomic E-state index is 13.5. The predicted octanol–water partition coefficient (Wildman–Crippen LogP) is 3.43. The molecule has 1 aliphatic rings. The fourth-order valence-corrected chi connectivity index (χ4v) is 2.84. The van der Waals surface area contributed by atoms with Crippen molar-refractivity contribution < 1.29 is 13.9 Å². The first kappa shape index (κ1) is 17.7. The van der Waals surface area contributed by atoms with Crippen molar-refractivity contribution in [1.82, 2.24) is 4.90 Å². The van der Waals surface area contributed by atoms with E-state index in [1.54, 1.807) is 12.1 Å². The number of nitrogens with zero attached hydrogens (tertiary/aromatic N) is 1. The number of halogens is 1. The van der Waals surface area contributed by atoms with Crippen LogP contribution in [0, 0.1) is 5.82 Å². The number of carbonyl (C=O) groups is 1. The molecule has 1 fully saturated rings. The maximum atomic E-state index is 13.5. The molecule has 0 aliphatic carbocycles. The molecule has 1 aromatic carbocycles. The molecule has 0 aromatic heterocycles. The second-order valence-electron chi connectivity index (χ2n) is 6.99. The molecular formula is C18H27FN2O2. The summed E-state index contributed by atoms with van der Waals surface area (Å²) in [5, 5.41) is 3.10. The summed E-state index contributed by atoms with van der Waals surface area (Å²) in [4.78, 5) is 14.4. The van der Waals surface area contributed by atoms with E-state index in [-0.39, 0.29) is 17.8 Å². The quantitative estimate of drug-likeness (QED) is 0.643. The Morgan fingerprint density at radius 3 is 2.83 bits per heavy atom. The molecule has 1 aliphatic heterocycles. The van der Waals surface area contributed by atoms with Gasteiger partial charge < -0.3 is 10.1 Å². The van der Waals surface area contributed by atoms with E-state index in [0.717, 1.165) is 32.4 Å². The fourth-order valence-electron chi connectivity index (χ4n) is 2.84. The van der Waals surface area contributed by atoms with Crippen LogP contribution in [0.4, 0.5) is 10.1 Å². The van der Waals surface area contributed by atoms with E-state index in [0.29, 0.717) is 12.2 Å². The Labute approximate surface area is 138 Å². The summed E-state index contributed by atoms with van der Waals surface area (Å²) < 4.78 is 19.0. The summed E-state index contributed by atoms with van der Waals surface area (Å²) >= 11 is 0. The number of hydrogen-bond donors (Lipinski definition) is 1. The van der Waals surface area contributed by atoms with Gasteiger partial charge in [-0.25, -0.2) is 4.39 Å². The van der Waals surface area contributed by atoms with Gasteiger partial charge >= 0.3 is 5.97 Å². The van der Waals surface area contributed by atoms with Crippen molar-refractivity contribution in [3.63, 3.8) is 0 Å². The molecule has 5 heteroatoms. The first-order valence-electron chi connectivity index (χ1n) is 8.32. The van der Waals surface area contributed by atoms with Gasteiger partial charge in [0.25, 0.3) is 0 Å². The Balaban J connectivity index is 1.76. The largest absolute Gasteiger partial charge is 0.459 e. The minimum atomic E-state index is -0.447. The van der Waals surface area contributed by atoms with Crippen molar-refractivity contribution in [3.05, 3.63) is 30.1 Å². The third kappa shape index (κ3) is 5.50. The van der Waals surface area contributed by atoms with Crippen molar-refractivity contribution in [3.8, 4) is 0 Å². The molecule has 4 nitrogen and oxygen atoms in total. The highest BCUT2D eigenvalue weighted by Crippen LogP contribution is 2.21. The minimum Gasteiger partial charge on any atom is -0.459 e. The lowest BCUT2D eigenvalue weighted by atomic mass is 10.1. The normalized spacial score (nSPS) is 18.9. The molecule has 0 bridgehead atoms. The summed E-state index contributed by atoms with van der Waals surface area (Å²) in [7, 11) is 0. The van der Waals surface area contributed by atoms with Crippen molar-refractivity contribution in [2.24, 2.45) is 0 Å². The summed E-state index contributed by atoms with van der Waals surface area (Å²) in [6, 6.07) is 6.53. The van der Waals surface area contributed by atoms with Gasteiger partial charge in [-0.05, 0) is 58.7 Å². The molecule has 1 heterocycles. The molecule has 0 saturated carbocycles. The zero-order chi connectivity index (χ0) is 16.9. The van der Waals surface area contributed by atoms with Crippen LogP contribution in [0.25, 0.3) is 0 Å². The summed E-state index contributed by atoms with van der Waals surface area (Å²) in [6.07, 6.45) is 2.73. The van der Waals surface area contributed by atoms with Crippen molar-refractivity contribution in [1.29, 1.82) is 0 Å². The first-order valence-corrected chi connectivity index (χ1v) is 8.32. The Kier molecular flexibility index (Phi) is 5.99. The van der Waals surface area contributed by atoms with Crippen LogP contribution < -0.4 is 5.32 Å². The number of carbonyl (C=O) groups excluding carboxylic acids is 1. The van der Waals surface area contributed by atoms with Crippen LogP contribution in [0.15, 0.2) is 24.3 Å². The number of anilines is 1. The molecule has 0 unspecified atom stereocenters. The molecule has 0 amide bonds. The summed E-state index contributed by atoms with van der Waals surface area (Å²) in [5.74, 6) is -0.364. The Morgan fingerprint density at radius 1 is 1.39 bits per heavy atom. The van der Waals surface area contributed by atoms with Crippen LogP contribution in [0.2, 0.25) is 0 Å². The van der Waals surface area contributed by atoms with Gasteiger partial charge in [0.2, 0.25) is 0 Å². The van der Waals surface area contributed by atoms with E-state index >= 15 is 0 Å². The minimum absolute atomic E-state index is 0.128. The molecule has 1 saturated heterocycles. The van der Waals surface area contributed by atoms with Crippen molar-refractivity contribution >= 4 is 11.7 Å². The lowest BCUT2D eigenvalue weighted by Crippen LogP contribution is -2.41. The number of para-hydroxylation sites is 1. The van der Waals surface area contributed by atoms with E-state index in [1.807, 2.05) is 26.8 Å². The van der Waals surface area contributed by atoms with Gasteiger partial charge in [-0.3, -0.25) is 9.69 Å². The fraction of sp³-hybridized carbons (Fsp3) is 0.611. The van der Waals surface area contributed by atoms with Gasteiger partial charge in [0.1, 0.15) is 17.5 Å². The Morgan fingerprint density at radius 2 is 2.13 bits per heavy atom. The van der Waals surface area contributed by atoms with Gasteiger partial charge in [0.05, 0.1) is 5.69 Å². The van der Waals surface area contributed by atoms with Crippen LogP contribution in [-0.2, 0) is 9.53 Å². The van der Waals surface area contributed by atoms with E-state index in [4.69, 9.17) is 4.74 Å². The highest BCUT2D eigenvalue weighted by Gasteiger charge is 2.33. The zero-order valence-corrected chi connectivity index (χ0v) is 14.3. The van der Waals surface area contributed by atoms with Crippen molar-refractivity contribution in [2.75, 3.05) is 25.0 Å². The van der Waals surface area contributed by atoms with E-state index < -0.39 is 5.60 Å². The second kappa shape index (κ2) is 7.77. The lowest BCUT2D eigenvalue weighted by molar-refractivity contribution is -0.160. The van der Waals surface area contributed by atoms with Gasteiger partial charge in [-0.1, -0.05) is 12.1 Å². The highest BCUT2D eigenvalue weighted by atomic mass is 19.1. The van der Waals surface area contributed by atoms with Gasteiger partial charge in [0, 0.05) is 13.1 Å². The molecule has 0 spiro atoms. The average molecular weight is 322 g/mol. The number of nitrogens with one attached hydrogen (secondary N) is 1.